The van der Waals surface area contributed by atoms with Crippen LogP contribution in [0.3, 0.4) is 0 Å². The molecule has 2 aliphatic rings. The largest absolute Gasteiger partial charge is 0.393 e. The molecule has 4 unspecified atom stereocenters. The van der Waals surface area contributed by atoms with Gasteiger partial charge >= 0.3 is 0 Å². The summed E-state index contributed by atoms with van der Waals surface area (Å²) in [5.41, 5.74) is 0. The summed E-state index contributed by atoms with van der Waals surface area (Å²) in [7, 11) is 0. The number of alkyl halides is 1. The van der Waals surface area contributed by atoms with Crippen molar-refractivity contribution in [3.05, 3.63) is 0 Å². The quantitative estimate of drug-likeness (QED) is 0.617. The molecule has 0 spiro atoms. The predicted octanol–water partition coefficient (Wildman–Crippen LogP) is 1.36. The van der Waals surface area contributed by atoms with Gasteiger partial charge in [-0.25, -0.2) is 4.39 Å². The topological polar surface area (TPSA) is 77.8 Å². The number of carbonyl (C=O) groups excluding carboxylic acids is 1. The normalized spacial score (nSPS) is 35.6. The highest BCUT2D eigenvalue weighted by atomic mass is 19.1. The molecule has 2 aliphatic carbocycles. The van der Waals surface area contributed by atoms with Crippen molar-refractivity contribution in [3.8, 4) is 0 Å². The molecule has 3 N–H and O–H groups in total. The Labute approximate surface area is 108 Å². The molecule has 0 radical (unpaired) electrons. The summed E-state index contributed by atoms with van der Waals surface area (Å²) in [6.07, 6.45) is 4.36. The van der Waals surface area contributed by atoms with Gasteiger partial charge < -0.3 is 20.1 Å². The second-order valence-corrected chi connectivity index (χ2v) is 4.84. The van der Waals surface area contributed by atoms with E-state index in [1.54, 1.807) is 0 Å². The van der Waals surface area contributed by atoms with Gasteiger partial charge in [0, 0.05) is 0 Å². The lowest BCUT2D eigenvalue weighted by molar-refractivity contribution is -0.0980. The second-order valence-electron chi connectivity index (χ2n) is 4.84. The molecule has 2 fully saturated rings. The predicted molar refractivity (Wildman–Crippen MR) is 67.0 cm³/mol. The molecule has 0 bridgehead atoms. The van der Waals surface area contributed by atoms with E-state index in [1.807, 2.05) is 6.79 Å². The van der Waals surface area contributed by atoms with Crippen LogP contribution in [0.15, 0.2) is 0 Å². The number of hydrogen-bond acceptors (Lipinski definition) is 4. The SMILES string of the molecule is C=O.OC1CCCC(O)C1.OC1CCCCC1F. The summed E-state index contributed by atoms with van der Waals surface area (Å²) in [6.45, 7) is 2.00. The van der Waals surface area contributed by atoms with Crippen molar-refractivity contribution in [2.75, 3.05) is 0 Å². The van der Waals surface area contributed by atoms with Gasteiger partial charge in [-0.2, -0.15) is 0 Å². The van der Waals surface area contributed by atoms with Gasteiger partial charge in [-0.05, 0) is 38.5 Å². The van der Waals surface area contributed by atoms with Crippen LogP contribution in [0.4, 0.5) is 4.39 Å². The maximum Gasteiger partial charge on any atom is 0.126 e. The standard InChI is InChI=1S/C6H11FO.C6H12O2.CH2O/c7-5-3-1-2-4-6(5)8;7-5-2-1-3-6(8)4-5;1-2/h5-6,8H,1-4H2;5-8H,1-4H2;1H2. The third-order valence-electron chi connectivity index (χ3n) is 3.27. The van der Waals surface area contributed by atoms with Crippen LogP contribution in [0.1, 0.15) is 51.4 Å². The van der Waals surface area contributed by atoms with Crippen molar-refractivity contribution >= 4 is 6.79 Å². The highest BCUT2D eigenvalue weighted by Crippen LogP contribution is 2.20. The number of halogens is 1. The highest BCUT2D eigenvalue weighted by Gasteiger charge is 2.21. The van der Waals surface area contributed by atoms with Gasteiger partial charge in [0.2, 0.25) is 0 Å². The monoisotopic (exact) mass is 264 g/mol. The van der Waals surface area contributed by atoms with E-state index in [4.69, 9.17) is 20.1 Å². The highest BCUT2D eigenvalue weighted by molar-refractivity contribution is 5.10. The summed E-state index contributed by atoms with van der Waals surface area (Å²) in [5, 5.41) is 26.6. The van der Waals surface area contributed by atoms with Gasteiger partial charge in [0.25, 0.3) is 0 Å². The average molecular weight is 264 g/mol. The minimum atomic E-state index is -0.941. The van der Waals surface area contributed by atoms with Gasteiger partial charge in [0.15, 0.2) is 0 Å². The van der Waals surface area contributed by atoms with Crippen molar-refractivity contribution in [1.82, 2.24) is 0 Å². The smallest absolute Gasteiger partial charge is 0.126 e. The Bertz CT molecular complexity index is 185. The van der Waals surface area contributed by atoms with E-state index in [-0.39, 0.29) is 12.2 Å². The van der Waals surface area contributed by atoms with Gasteiger partial charge in [0.05, 0.1) is 18.3 Å². The van der Waals surface area contributed by atoms with E-state index in [0.29, 0.717) is 19.3 Å². The van der Waals surface area contributed by atoms with Crippen LogP contribution < -0.4 is 0 Å². The van der Waals surface area contributed by atoms with Crippen LogP contribution in [0.2, 0.25) is 0 Å². The van der Waals surface area contributed by atoms with Gasteiger partial charge in [-0.1, -0.05) is 12.8 Å². The van der Waals surface area contributed by atoms with E-state index >= 15 is 0 Å². The molecule has 0 amide bonds. The number of rotatable bonds is 0. The summed E-state index contributed by atoms with van der Waals surface area (Å²) in [6, 6.07) is 0. The van der Waals surface area contributed by atoms with Gasteiger partial charge in [0.1, 0.15) is 13.0 Å². The fraction of sp³-hybridized carbons (Fsp3) is 0.923. The van der Waals surface area contributed by atoms with Crippen molar-refractivity contribution in [1.29, 1.82) is 0 Å². The minimum absolute atomic E-state index is 0.237. The zero-order valence-corrected chi connectivity index (χ0v) is 10.8. The van der Waals surface area contributed by atoms with E-state index in [2.05, 4.69) is 0 Å². The molecule has 18 heavy (non-hydrogen) atoms. The molecule has 0 aromatic rings. The third kappa shape index (κ3) is 7.74. The number of hydrogen-bond donors (Lipinski definition) is 3. The summed E-state index contributed by atoms with van der Waals surface area (Å²) < 4.78 is 12.3. The molecule has 0 aromatic carbocycles. The van der Waals surface area contributed by atoms with E-state index in [0.717, 1.165) is 32.1 Å². The Morgan fingerprint density at radius 1 is 0.833 bits per heavy atom. The molecule has 108 valence electrons. The zero-order valence-electron chi connectivity index (χ0n) is 10.8. The van der Waals surface area contributed by atoms with Crippen LogP contribution in [0.5, 0.6) is 0 Å². The maximum atomic E-state index is 12.3. The molecule has 4 nitrogen and oxygen atoms in total. The molecule has 2 saturated carbocycles. The first-order valence-electron chi connectivity index (χ1n) is 6.56. The summed E-state index contributed by atoms with van der Waals surface area (Å²) in [5.74, 6) is 0. The molecule has 0 saturated heterocycles. The van der Waals surface area contributed by atoms with Crippen molar-refractivity contribution in [2.45, 2.75) is 75.9 Å². The molecule has 0 aromatic heterocycles. The van der Waals surface area contributed by atoms with Gasteiger partial charge in [-0.15, -0.1) is 0 Å². The Balaban J connectivity index is 0.000000283. The third-order valence-corrected chi connectivity index (χ3v) is 3.27. The molecule has 0 aliphatic heterocycles. The number of carbonyl (C=O) groups is 1. The van der Waals surface area contributed by atoms with Crippen LogP contribution in [0.25, 0.3) is 0 Å². The van der Waals surface area contributed by atoms with Crippen LogP contribution >= 0.6 is 0 Å². The molecular formula is C13H25FO4. The van der Waals surface area contributed by atoms with Crippen molar-refractivity contribution in [2.24, 2.45) is 0 Å². The lowest BCUT2D eigenvalue weighted by atomic mass is 9.95. The summed E-state index contributed by atoms with van der Waals surface area (Å²) >= 11 is 0. The molecule has 0 heterocycles. The second kappa shape index (κ2) is 10.4. The Morgan fingerprint density at radius 3 is 1.61 bits per heavy atom. The Hall–Kier alpha value is -0.520. The van der Waals surface area contributed by atoms with E-state index < -0.39 is 12.3 Å². The van der Waals surface area contributed by atoms with Crippen molar-refractivity contribution < 1.29 is 24.5 Å². The van der Waals surface area contributed by atoms with Crippen LogP contribution in [-0.2, 0) is 4.79 Å². The fourth-order valence-electron chi connectivity index (χ4n) is 2.20. The van der Waals surface area contributed by atoms with Crippen molar-refractivity contribution in [3.63, 3.8) is 0 Å². The maximum absolute atomic E-state index is 12.3. The molecule has 2 rings (SSSR count). The van der Waals surface area contributed by atoms with E-state index in [1.165, 1.54) is 0 Å². The first kappa shape index (κ1) is 17.5. The summed E-state index contributed by atoms with van der Waals surface area (Å²) in [4.78, 5) is 8.00. The van der Waals surface area contributed by atoms with Crippen LogP contribution in [-0.4, -0.2) is 46.6 Å². The van der Waals surface area contributed by atoms with Crippen LogP contribution in [0, 0.1) is 0 Å². The van der Waals surface area contributed by atoms with E-state index in [9.17, 15) is 4.39 Å². The zero-order chi connectivity index (χ0) is 14.0. The first-order chi connectivity index (χ1) is 8.59. The molecule has 4 atom stereocenters. The average Bonchev–Trinajstić information content (AvgIpc) is 2.36. The molecular weight excluding hydrogens is 239 g/mol. The number of aliphatic hydroxyl groups is 3. The lowest BCUT2D eigenvalue weighted by Crippen LogP contribution is -2.25. The Morgan fingerprint density at radius 2 is 1.33 bits per heavy atom. The lowest BCUT2D eigenvalue weighted by Gasteiger charge is -2.20. The number of aliphatic hydroxyl groups excluding tert-OH is 3. The first-order valence-corrected chi connectivity index (χ1v) is 6.56. The fourth-order valence-corrected chi connectivity index (χ4v) is 2.20. The Kier molecular flexibility index (Phi) is 10.1. The van der Waals surface area contributed by atoms with Gasteiger partial charge in [-0.3, -0.25) is 0 Å². The minimum Gasteiger partial charge on any atom is -0.393 e. The molecule has 5 heteroatoms.